The van der Waals surface area contributed by atoms with Crippen molar-refractivity contribution in [2.24, 2.45) is 0 Å². The number of hydrogen-bond acceptors (Lipinski definition) is 6. The summed E-state index contributed by atoms with van der Waals surface area (Å²) in [5.74, 6) is -0.650. The van der Waals surface area contributed by atoms with Gasteiger partial charge in [-0.05, 0) is 22.6 Å². The molecule has 0 spiro atoms. The van der Waals surface area contributed by atoms with E-state index in [2.05, 4.69) is 20.5 Å². The second-order valence-electron chi connectivity index (χ2n) is 3.60. The normalized spacial score (nSPS) is 10.5. The zero-order chi connectivity index (χ0) is 13.2. The summed E-state index contributed by atoms with van der Waals surface area (Å²) in [6.07, 6.45) is 2.87. The number of ether oxygens (including phenoxy) is 1. The van der Waals surface area contributed by atoms with Crippen LogP contribution in [0.4, 0.5) is 0 Å². The van der Waals surface area contributed by atoms with Crippen molar-refractivity contribution < 1.29 is 14.6 Å². The Morgan fingerprint density at radius 3 is 2.95 bits per heavy atom. The van der Waals surface area contributed by atoms with E-state index in [-0.39, 0.29) is 17.2 Å². The molecule has 3 rings (SSSR count). The van der Waals surface area contributed by atoms with E-state index in [0.29, 0.717) is 5.65 Å². The number of nitrogens with zero attached hydrogens (tertiary/aromatic N) is 5. The summed E-state index contributed by atoms with van der Waals surface area (Å²) < 4.78 is 6.84. The smallest absolute Gasteiger partial charge is 0.339 e. The Morgan fingerprint density at radius 1 is 1.26 bits per heavy atom. The molecular formula is C11H7N5O3. The first-order valence-electron chi connectivity index (χ1n) is 5.28. The van der Waals surface area contributed by atoms with E-state index in [1.54, 1.807) is 18.2 Å². The van der Waals surface area contributed by atoms with Crippen LogP contribution in [0, 0.1) is 0 Å². The molecule has 0 saturated carbocycles. The highest BCUT2D eigenvalue weighted by molar-refractivity contribution is 5.90. The molecule has 94 valence electrons. The SMILES string of the molecule is O=C(O)c1ccccc1Oc1cncc2nnnn12. The Bertz CT molecular complexity index is 755. The van der Waals surface area contributed by atoms with Gasteiger partial charge >= 0.3 is 5.97 Å². The van der Waals surface area contributed by atoms with Crippen LogP contribution in [0.25, 0.3) is 5.65 Å². The molecule has 0 aliphatic carbocycles. The lowest BCUT2D eigenvalue weighted by molar-refractivity contribution is 0.0694. The highest BCUT2D eigenvalue weighted by Gasteiger charge is 2.13. The highest BCUT2D eigenvalue weighted by atomic mass is 16.5. The van der Waals surface area contributed by atoms with Crippen molar-refractivity contribution in [2.45, 2.75) is 0 Å². The third-order valence-corrected chi connectivity index (χ3v) is 2.41. The van der Waals surface area contributed by atoms with E-state index in [4.69, 9.17) is 9.84 Å². The maximum Gasteiger partial charge on any atom is 0.339 e. The number of aromatic nitrogens is 5. The molecule has 0 atom stereocenters. The lowest BCUT2D eigenvalue weighted by Crippen LogP contribution is -2.02. The van der Waals surface area contributed by atoms with Gasteiger partial charge < -0.3 is 9.84 Å². The summed E-state index contributed by atoms with van der Waals surface area (Å²) in [6, 6.07) is 6.29. The number of fused-ring (bicyclic) bond motifs is 1. The minimum atomic E-state index is -1.08. The molecule has 0 aliphatic heterocycles. The summed E-state index contributed by atoms with van der Waals surface area (Å²) in [7, 11) is 0. The van der Waals surface area contributed by atoms with Crippen LogP contribution in [0.5, 0.6) is 11.6 Å². The first kappa shape index (κ1) is 11.1. The molecule has 1 aromatic carbocycles. The van der Waals surface area contributed by atoms with Crippen LogP contribution in [-0.2, 0) is 0 Å². The van der Waals surface area contributed by atoms with E-state index in [0.717, 1.165) is 0 Å². The van der Waals surface area contributed by atoms with Crippen molar-refractivity contribution in [1.29, 1.82) is 0 Å². The summed E-state index contributed by atoms with van der Waals surface area (Å²) in [4.78, 5) is 15.0. The van der Waals surface area contributed by atoms with Crippen molar-refractivity contribution in [3.63, 3.8) is 0 Å². The van der Waals surface area contributed by atoms with Crippen LogP contribution in [0.15, 0.2) is 36.7 Å². The molecule has 19 heavy (non-hydrogen) atoms. The van der Waals surface area contributed by atoms with Gasteiger partial charge in [-0.2, -0.15) is 4.52 Å². The summed E-state index contributed by atoms with van der Waals surface area (Å²) in [5.41, 5.74) is 0.456. The minimum absolute atomic E-state index is 0.0487. The van der Waals surface area contributed by atoms with Gasteiger partial charge in [-0.25, -0.2) is 4.79 Å². The average Bonchev–Trinajstić information content (AvgIpc) is 2.88. The number of carboxylic acids is 1. The minimum Gasteiger partial charge on any atom is -0.478 e. The van der Waals surface area contributed by atoms with Gasteiger partial charge in [0.1, 0.15) is 11.3 Å². The zero-order valence-corrected chi connectivity index (χ0v) is 9.46. The monoisotopic (exact) mass is 257 g/mol. The number of carbonyl (C=O) groups is 1. The van der Waals surface area contributed by atoms with Gasteiger partial charge in [0.25, 0.3) is 0 Å². The molecule has 0 aliphatic rings. The standard InChI is InChI=1S/C11H7N5O3/c17-11(18)7-3-1-2-4-8(7)19-10-6-12-5-9-13-14-15-16(9)10/h1-6H,(H,17,18). The van der Waals surface area contributed by atoms with Crippen LogP contribution >= 0.6 is 0 Å². The van der Waals surface area contributed by atoms with Gasteiger partial charge in [-0.15, -0.1) is 5.10 Å². The maximum absolute atomic E-state index is 11.1. The molecule has 0 fully saturated rings. The van der Waals surface area contributed by atoms with E-state index in [9.17, 15) is 4.79 Å². The maximum atomic E-state index is 11.1. The quantitative estimate of drug-likeness (QED) is 0.746. The van der Waals surface area contributed by atoms with Crippen LogP contribution < -0.4 is 4.74 Å². The molecule has 2 aromatic heterocycles. The number of aromatic carboxylic acids is 1. The van der Waals surface area contributed by atoms with Gasteiger partial charge in [-0.1, -0.05) is 12.1 Å². The second-order valence-corrected chi connectivity index (χ2v) is 3.60. The third-order valence-electron chi connectivity index (χ3n) is 2.41. The molecule has 8 nitrogen and oxygen atoms in total. The molecule has 3 aromatic rings. The topological polar surface area (TPSA) is 102 Å². The largest absolute Gasteiger partial charge is 0.478 e. The summed E-state index contributed by atoms with van der Waals surface area (Å²) in [5, 5.41) is 20.0. The molecule has 2 heterocycles. The van der Waals surface area contributed by atoms with Crippen LogP contribution in [-0.4, -0.2) is 36.1 Å². The zero-order valence-electron chi connectivity index (χ0n) is 9.46. The Balaban J connectivity index is 2.06. The Morgan fingerprint density at radius 2 is 2.11 bits per heavy atom. The number of benzene rings is 1. The number of rotatable bonds is 3. The molecule has 0 saturated heterocycles. The number of tetrazole rings is 1. The highest BCUT2D eigenvalue weighted by Crippen LogP contribution is 2.24. The van der Waals surface area contributed by atoms with Gasteiger partial charge in [0.05, 0.1) is 12.4 Å². The van der Waals surface area contributed by atoms with Gasteiger partial charge in [0.15, 0.2) is 0 Å². The molecule has 1 N–H and O–H groups in total. The first-order valence-corrected chi connectivity index (χ1v) is 5.28. The van der Waals surface area contributed by atoms with Crippen LogP contribution in [0.3, 0.4) is 0 Å². The van der Waals surface area contributed by atoms with Crippen molar-refractivity contribution in [2.75, 3.05) is 0 Å². The lowest BCUT2D eigenvalue weighted by Gasteiger charge is -2.08. The molecular weight excluding hydrogens is 250 g/mol. The summed E-state index contributed by atoms with van der Waals surface area (Å²) >= 11 is 0. The Labute approximate surface area is 106 Å². The van der Waals surface area contributed by atoms with Crippen LogP contribution in [0.2, 0.25) is 0 Å². The van der Waals surface area contributed by atoms with Crippen molar-refractivity contribution >= 4 is 11.6 Å². The lowest BCUT2D eigenvalue weighted by atomic mass is 10.2. The molecule has 8 heteroatoms. The van der Waals surface area contributed by atoms with Crippen molar-refractivity contribution in [1.82, 2.24) is 25.0 Å². The van der Waals surface area contributed by atoms with E-state index < -0.39 is 5.97 Å². The van der Waals surface area contributed by atoms with Crippen molar-refractivity contribution in [3.05, 3.63) is 42.2 Å². The molecule has 0 unspecified atom stereocenters. The summed E-state index contributed by atoms with van der Waals surface area (Å²) in [6.45, 7) is 0. The van der Waals surface area contributed by atoms with Gasteiger partial charge in [0, 0.05) is 0 Å². The molecule has 0 bridgehead atoms. The van der Waals surface area contributed by atoms with Crippen LogP contribution in [0.1, 0.15) is 10.4 Å². The Hall–Kier alpha value is -3.03. The number of hydrogen-bond donors (Lipinski definition) is 1. The van der Waals surface area contributed by atoms with E-state index >= 15 is 0 Å². The fourth-order valence-electron chi connectivity index (χ4n) is 1.57. The fraction of sp³-hybridized carbons (Fsp3) is 0. The Kier molecular flexibility index (Phi) is 2.53. The van der Waals surface area contributed by atoms with E-state index in [1.165, 1.54) is 23.0 Å². The molecule has 0 amide bonds. The third kappa shape index (κ3) is 1.95. The van der Waals surface area contributed by atoms with Gasteiger partial charge in [-0.3, -0.25) is 4.98 Å². The molecule has 0 radical (unpaired) electrons. The number of para-hydroxylation sites is 1. The van der Waals surface area contributed by atoms with E-state index in [1.807, 2.05) is 0 Å². The van der Waals surface area contributed by atoms with Gasteiger partial charge in [0.2, 0.25) is 11.5 Å². The predicted molar refractivity (Wildman–Crippen MR) is 62.1 cm³/mol. The van der Waals surface area contributed by atoms with Crippen molar-refractivity contribution in [3.8, 4) is 11.6 Å². The average molecular weight is 257 g/mol. The first-order chi connectivity index (χ1) is 9.25. The second kappa shape index (κ2) is 4.33. The fourth-order valence-corrected chi connectivity index (χ4v) is 1.57. The predicted octanol–water partition coefficient (Wildman–Crippen LogP) is 1.01. The number of carboxylic acid groups (broad SMARTS) is 1.